The Morgan fingerprint density at radius 3 is 2.64 bits per heavy atom. The summed E-state index contributed by atoms with van der Waals surface area (Å²) in [6, 6.07) is 25.0. The molecular weight excluding hydrogens is 410 g/mol. The molecule has 1 aliphatic heterocycles. The number of fused-ring (bicyclic) bond motifs is 1. The highest BCUT2D eigenvalue weighted by Gasteiger charge is 2.18. The number of carbonyl (C=O) groups is 1. The van der Waals surface area contributed by atoms with Crippen molar-refractivity contribution in [1.82, 2.24) is 0 Å². The van der Waals surface area contributed by atoms with Crippen molar-refractivity contribution in [2.45, 2.75) is 45.3 Å². The van der Waals surface area contributed by atoms with Crippen LogP contribution in [0.3, 0.4) is 0 Å². The van der Waals surface area contributed by atoms with Gasteiger partial charge < -0.3 is 14.7 Å². The average Bonchev–Trinajstić information content (AvgIpc) is 2.83. The van der Waals surface area contributed by atoms with E-state index in [9.17, 15) is 4.79 Å². The predicted molar refractivity (Wildman–Crippen MR) is 132 cm³/mol. The van der Waals surface area contributed by atoms with E-state index < -0.39 is 5.97 Å². The zero-order chi connectivity index (χ0) is 23.0. The molecule has 0 bridgehead atoms. The van der Waals surface area contributed by atoms with Crippen LogP contribution in [0.15, 0.2) is 72.8 Å². The van der Waals surface area contributed by atoms with Crippen LogP contribution in [-0.4, -0.2) is 17.6 Å². The maximum atomic E-state index is 11.2. The highest BCUT2D eigenvalue weighted by Crippen LogP contribution is 2.28. The van der Waals surface area contributed by atoms with Crippen molar-refractivity contribution in [3.8, 4) is 17.6 Å². The molecule has 1 atom stereocenters. The number of para-hydroxylation sites is 1. The van der Waals surface area contributed by atoms with Crippen LogP contribution in [-0.2, 0) is 24.4 Å². The summed E-state index contributed by atoms with van der Waals surface area (Å²) in [6.07, 6.45) is 2.45. The number of benzene rings is 3. The van der Waals surface area contributed by atoms with Crippen molar-refractivity contribution < 1.29 is 14.6 Å². The summed E-state index contributed by atoms with van der Waals surface area (Å²) >= 11 is 0. The molecule has 2 N–H and O–H groups in total. The molecular formula is C29H30NO3+. The van der Waals surface area contributed by atoms with Crippen molar-refractivity contribution in [3.63, 3.8) is 0 Å². The molecule has 168 valence electrons. The van der Waals surface area contributed by atoms with Crippen molar-refractivity contribution in [1.29, 1.82) is 0 Å². The lowest BCUT2D eigenvalue weighted by Gasteiger charge is -2.31. The van der Waals surface area contributed by atoms with Crippen LogP contribution in [0.5, 0.6) is 5.75 Å². The summed E-state index contributed by atoms with van der Waals surface area (Å²) < 4.78 is 6.02. The molecule has 0 aliphatic carbocycles. The summed E-state index contributed by atoms with van der Waals surface area (Å²) in [5, 5.41) is 7.24. The second kappa shape index (κ2) is 10.7. The zero-order valence-electron chi connectivity index (χ0n) is 19.0. The Balaban J connectivity index is 1.38. The highest BCUT2D eigenvalue weighted by molar-refractivity contribution is 5.69. The van der Waals surface area contributed by atoms with Crippen LogP contribution in [0, 0.1) is 11.8 Å². The van der Waals surface area contributed by atoms with Crippen molar-refractivity contribution in [3.05, 3.63) is 95.1 Å². The lowest BCUT2D eigenvalue weighted by Crippen LogP contribution is -2.28. The third-order valence-electron chi connectivity index (χ3n) is 5.97. The number of hydrogen-bond donors (Lipinski definition) is 0. The molecule has 0 unspecified atom stereocenters. The zero-order valence-corrected chi connectivity index (χ0v) is 19.0. The molecule has 4 heteroatoms. The van der Waals surface area contributed by atoms with Gasteiger partial charge in [0.05, 0.1) is 5.92 Å². The number of hydrogen-bond acceptors (Lipinski definition) is 3. The molecule has 0 radical (unpaired) electrons. The molecule has 1 heterocycles. The normalized spacial score (nSPS) is 13.4. The predicted octanol–water partition coefficient (Wildman–Crippen LogP) is 4.97. The van der Waals surface area contributed by atoms with E-state index in [1.807, 2.05) is 24.3 Å². The molecule has 0 amide bonds. The number of aryl methyl sites for hydroxylation is 1. The minimum atomic E-state index is -0.601. The van der Waals surface area contributed by atoms with Gasteiger partial charge >= 0.3 is 5.97 Å². The Morgan fingerprint density at radius 2 is 1.85 bits per heavy atom. The topological polar surface area (TPSA) is 52.4 Å². The largest absolute Gasteiger partial charge is 0.565 e. The smallest absolute Gasteiger partial charge is 0.517 e. The first-order valence-corrected chi connectivity index (χ1v) is 11.4. The molecule has 0 aromatic heterocycles. The van der Waals surface area contributed by atoms with Gasteiger partial charge in [0.25, 0.3) is 0 Å². The van der Waals surface area contributed by atoms with Crippen LogP contribution in [0.1, 0.15) is 47.9 Å². The molecule has 3 aromatic carbocycles. The van der Waals surface area contributed by atoms with Gasteiger partial charge in [0, 0.05) is 23.6 Å². The van der Waals surface area contributed by atoms with Crippen LogP contribution < -0.4 is 9.64 Å². The van der Waals surface area contributed by atoms with Gasteiger partial charge in [-0.2, -0.15) is 0 Å². The van der Waals surface area contributed by atoms with E-state index in [0.717, 1.165) is 36.4 Å². The van der Waals surface area contributed by atoms with E-state index in [-0.39, 0.29) is 12.3 Å². The van der Waals surface area contributed by atoms with E-state index >= 15 is 0 Å². The number of nitrogens with zero attached hydrogens (tertiary/aromatic N) is 1. The third-order valence-corrected chi connectivity index (χ3v) is 5.97. The molecule has 4 nitrogen and oxygen atoms in total. The summed E-state index contributed by atoms with van der Waals surface area (Å²) in [6.45, 7) is 4.22. The van der Waals surface area contributed by atoms with Crippen LogP contribution in [0.2, 0.25) is 0 Å². The summed E-state index contributed by atoms with van der Waals surface area (Å²) in [7, 11) is 0. The maximum Gasteiger partial charge on any atom is 0.517 e. The number of carbonyl (C=O) groups excluding carboxylic acids is 1. The fourth-order valence-electron chi connectivity index (χ4n) is 4.39. The average molecular weight is 441 g/mol. The number of rotatable bonds is 8. The van der Waals surface area contributed by atoms with Gasteiger partial charge in [-0.1, -0.05) is 60.5 Å². The minimum absolute atomic E-state index is 0.106. The Hall–Kier alpha value is -3.71. The second-order valence-electron chi connectivity index (χ2n) is 8.41. The molecule has 33 heavy (non-hydrogen) atoms. The lowest BCUT2D eigenvalue weighted by molar-refractivity contribution is -0.137. The monoisotopic (exact) mass is 440 g/mol. The Labute approximate surface area is 195 Å². The number of anilines is 1. The SMILES string of the molecule is CC#C[C@@H](CC(=O)[OH2+])c1ccc(OCc2cccc(CN3CCCc4ccccc43)c2)cc1. The Kier molecular flexibility index (Phi) is 7.32. The standard InChI is InChI=1S/C29H29NO3/c1-2-7-26(19-29(31)32)24-13-15-27(16-14-24)33-21-23-9-5-8-22(18-23)20-30-17-6-11-25-10-3-4-12-28(25)30/h3-5,8-10,12-16,18,26H,6,11,17,19-21H2,1H3,(H,31,32)/p+1/t26-/m0/s1. The fourth-order valence-corrected chi connectivity index (χ4v) is 4.39. The maximum absolute atomic E-state index is 11.2. The van der Waals surface area contributed by atoms with E-state index in [1.165, 1.54) is 23.2 Å². The van der Waals surface area contributed by atoms with Crippen LogP contribution in [0.4, 0.5) is 5.69 Å². The van der Waals surface area contributed by atoms with Gasteiger partial charge in [0.2, 0.25) is 0 Å². The van der Waals surface area contributed by atoms with Crippen molar-refractivity contribution in [2.24, 2.45) is 0 Å². The molecule has 0 saturated carbocycles. The fraction of sp³-hybridized carbons (Fsp3) is 0.276. The van der Waals surface area contributed by atoms with Crippen molar-refractivity contribution >= 4 is 11.7 Å². The molecule has 3 aromatic rings. The van der Waals surface area contributed by atoms with Gasteiger partial charge in [0.1, 0.15) is 18.8 Å². The van der Waals surface area contributed by atoms with Gasteiger partial charge in [0.15, 0.2) is 0 Å². The Morgan fingerprint density at radius 1 is 1.06 bits per heavy atom. The van der Waals surface area contributed by atoms with Gasteiger partial charge in [-0.05, 0) is 60.2 Å². The summed E-state index contributed by atoms with van der Waals surface area (Å²) in [5.74, 6) is 5.80. The number of ether oxygens (including phenoxy) is 1. The summed E-state index contributed by atoms with van der Waals surface area (Å²) in [5.41, 5.74) is 6.14. The molecule has 0 saturated heterocycles. The Bertz CT molecular complexity index is 1160. The first-order valence-electron chi connectivity index (χ1n) is 11.4. The highest BCUT2D eigenvalue weighted by atomic mass is 16.5. The van der Waals surface area contributed by atoms with Crippen LogP contribution >= 0.6 is 0 Å². The van der Waals surface area contributed by atoms with Gasteiger partial charge in [-0.25, -0.2) is 0 Å². The minimum Gasteiger partial charge on any atom is -0.565 e. The molecule has 0 fully saturated rings. The van der Waals surface area contributed by atoms with Crippen LogP contribution in [0.25, 0.3) is 0 Å². The van der Waals surface area contributed by atoms with Gasteiger partial charge in [-0.3, -0.25) is 0 Å². The first kappa shape index (κ1) is 22.5. The van der Waals surface area contributed by atoms with E-state index in [1.54, 1.807) is 6.92 Å². The van der Waals surface area contributed by atoms with Crippen molar-refractivity contribution in [2.75, 3.05) is 11.4 Å². The molecule has 4 rings (SSSR count). The van der Waals surface area contributed by atoms with E-state index in [4.69, 9.17) is 9.84 Å². The third kappa shape index (κ3) is 5.96. The van der Waals surface area contributed by atoms with Gasteiger partial charge in [-0.15, -0.1) is 5.92 Å². The quantitative estimate of drug-likeness (QED) is 0.367. The van der Waals surface area contributed by atoms with E-state index in [0.29, 0.717) is 6.61 Å². The lowest BCUT2D eigenvalue weighted by atomic mass is 9.96. The second-order valence-corrected chi connectivity index (χ2v) is 8.41. The van der Waals surface area contributed by atoms with E-state index in [2.05, 4.69) is 65.3 Å². The first-order chi connectivity index (χ1) is 16.1. The molecule has 0 spiro atoms. The summed E-state index contributed by atoms with van der Waals surface area (Å²) in [4.78, 5) is 13.7. The molecule has 1 aliphatic rings.